The summed E-state index contributed by atoms with van der Waals surface area (Å²) in [5.41, 5.74) is 5.50. The third kappa shape index (κ3) is 3.82. The zero-order valence-corrected chi connectivity index (χ0v) is 11.8. The van der Waals surface area contributed by atoms with Crippen molar-refractivity contribution in [3.63, 3.8) is 0 Å². The molecule has 0 aliphatic rings. The van der Waals surface area contributed by atoms with Crippen LogP contribution in [0.25, 0.3) is 0 Å². The van der Waals surface area contributed by atoms with Gasteiger partial charge in [-0.05, 0) is 26.0 Å². The summed E-state index contributed by atoms with van der Waals surface area (Å²) < 4.78 is 0. The zero-order chi connectivity index (χ0) is 14.6. The SMILES string of the molecule is CC(C)N(CCC(N)=S)C(=O)c1cccc(O)c1O. The zero-order valence-electron chi connectivity index (χ0n) is 11.0. The van der Waals surface area contributed by atoms with Crippen molar-refractivity contribution in [3.8, 4) is 11.5 Å². The van der Waals surface area contributed by atoms with E-state index < -0.39 is 5.75 Å². The molecule has 5 nitrogen and oxygen atoms in total. The normalized spacial score (nSPS) is 10.5. The first-order valence-corrected chi connectivity index (χ1v) is 6.35. The molecule has 1 amide bonds. The fraction of sp³-hybridized carbons (Fsp3) is 0.385. The number of para-hydroxylation sites is 1. The van der Waals surface area contributed by atoms with E-state index in [1.165, 1.54) is 18.2 Å². The van der Waals surface area contributed by atoms with Crippen LogP contribution in [0.3, 0.4) is 0 Å². The second kappa shape index (κ2) is 6.38. The Hall–Kier alpha value is -1.82. The topological polar surface area (TPSA) is 86.8 Å². The van der Waals surface area contributed by atoms with Gasteiger partial charge in [-0.15, -0.1) is 0 Å². The van der Waals surface area contributed by atoms with Crippen LogP contribution in [-0.4, -0.2) is 38.6 Å². The van der Waals surface area contributed by atoms with Crippen LogP contribution in [0, 0.1) is 0 Å². The lowest BCUT2D eigenvalue weighted by molar-refractivity contribution is 0.0708. The largest absolute Gasteiger partial charge is 0.504 e. The number of carbonyl (C=O) groups is 1. The Bertz CT molecular complexity index is 489. The highest BCUT2D eigenvalue weighted by molar-refractivity contribution is 7.80. The molecule has 0 saturated heterocycles. The Morgan fingerprint density at radius 1 is 1.42 bits per heavy atom. The van der Waals surface area contributed by atoms with Gasteiger partial charge in [0.1, 0.15) is 0 Å². The quantitative estimate of drug-likeness (QED) is 0.564. The lowest BCUT2D eigenvalue weighted by atomic mass is 10.1. The van der Waals surface area contributed by atoms with E-state index >= 15 is 0 Å². The molecule has 0 heterocycles. The Morgan fingerprint density at radius 3 is 2.58 bits per heavy atom. The van der Waals surface area contributed by atoms with Crippen molar-refractivity contribution >= 4 is 23.1 Å². The second-order valence-corrected chi connectivity index (χ2v) is 5.01. The summed E-state index contributed by atoms with van der Waals surface area (Å²) in [5, 5.41) is 19.2. The molecule has 0 bridgehead atoms. The van der Waals surface area contributed by atoms with E-state index in [4.69, 9.17) is 18.0 Å². The van der Waals surface area contributed by atoms with Crippen LogP contribution < -0.4 is 5.73 Å². The number of hydrogen-bond acceptors (Lipinski definition) is 4. The number of hydrogen-bond donors (Lipinski definition) is 3. The first kappa shape index (κ1) is 15.2. The van der Waals surface area contributed by atoms with Crippen LogP contribution in [0.5, 0.6) is 11.5 Å². The molecule has 0 fully saturated rings. The van der Waals surface area contributed by atoms with Gasteiger partial charge in [0.05, 0.1) is 10.6 Å². The average Bonchev–Trinajstić information content (AvgIpc) is 2.31. The number of benzene rings is 1. The van der Waals surface area contributed by atoms with Crippen LogP contribution in [0.1, 0.15) is 30.6 Å². The van der Waals surface area contributed by atoms with E-state index in [0.29, 0.717) is 18.0 Å². The van der Waals surface area contributed by atoms with Gasteiger partial charge in [0.2, 0.25) is 0 Å². The molecule has 0 aliphatic heterocycles. The molecule has 1 rings (SSSR count). The molecular weight excluding hydrogens is 264 g/mol. The summed E-state index contributed by atoms with van der Waals surface area (Å²) in [6, 6.07) is 4.23. The molecule has 6 heteroatoms. The van der Waals surface area contributed by atoms with Crippen molar-refractivity contribution in [2.45, 2.75) is 26.3 Å². The third-order valence-corrected chi connectivity index (χ3v) is 2.93. The minimum absolute atomic E-state index is 0.0661. The first-order chi connectivity index (χ1) is 8.84. The maximum Gasteiger partial charge on any atom is 0.257 e. The van der Waals surface area contributed by atoms with Gasteiger partial charge in [-0.3, -0.25) is 4.79 Å². The van der Waals surface area contributed by atoms with Crippen molar-refractivity contribution in [2.24, 2.45) is 5.73 Å². The summed E-state index contributed by atoms with van der Waals surface area (Å²) >= 11 is 4.80. The molecular formula is C13H18N2O3S. The highest BCUT2D eigenvalue weighted by Gasteiger charge is 2.22. The van der Waals surface area contributed by atoms with Gasteiger partial charge in [-0.25, -0.2) is 0 Å². The Morgan fingerprint density at radius 2 is 2.05 bits per heavy atom. The minimum atomic E-state index is -0.409. The van der Waals surface area contributed by atoms with Crippen molar-refractivity contribution < 1.29 is 15.0 Å². The van der Waals surface area contributed by atoms with Gasteiger partial charge >= 0.3 is 0 Å². The lowest BCUT2D eigenvalue weighted by Gasteiger charge is -2.27. The fourth-order valence-corrected chi connectivity index (χ4v) is 1.77. The number of amides is 1. The van der Waals surface area contributed by atoms with Gasteiger partial charge in [-0.2, -0.15) is 0 Å². The van der Waals surface area contributed by atoms with Crippen LogP contribution in [0.2, 0.25) is 0 Å². The molecule has 104 valence electrons. The average molecular weight is 282 g/mol. The molecule has 4 N–H and O–H groups in total. The molecule has 0 unspecified atom stereocenters. The summed E-state index contributed by atoms with van der Waals surface area (Å²) in [5.74, 6) is -1.09. The Balaban J connectivity index is 2.99. The monoisotopic (exact) mass is 282 g/mol. The van der Waals surface area contributed by atoms with Crippen LogP contribution in [0.15, 0.2) is 18.2 Å². The van der Waals surface area contributed by atoms with Crippen molar-refractivity contribution in [2.75, 3.05) is 6.54 Å². The number of phenols is 2. The second-order valence-electron chi connectivity index (χ2n) is 4.48. The van der Waals surface area contributed by atoms with Gasteiger partial charge in [-0.1, -0.05) is 18.3 Å². The first-order valence-electron chi connectivity index (χ1n) is 5.94. The van der Waals surface area contributed by atoms with Gasteiger partial charge in [0.15, 0.2) is 11.5 Å². The fourth-order valence-electron chi connectivity index (χ4n) is 1.68. The number of nitrogens with zero attached hydrogens (tertiary/aromatic N) is 1. The summed E-state index contributed by atoms with van der Waals surface area (Å²) in [6.07, 6.45) is 0.416. The van der Waals surface area contributed by atoms with Crippen LogP contribution >= 0.6 is 12.2 Å². The molecule has 0 aliphatic carbocycles. The number of rotatable bonds is 5. The molecule has 0 atom stereocenters. The predicted molar refractivity (Wildman–Crippen MR) is 77.3 cm³/mol. The van der Waals surface area contributed by atoms with E-state index in [9.17, 15) is 15.0 Å². The van der Waals surface area contributed by atoms with Crippen molar-refractivity contribution in [1.82, 2.24) is 4.90 Å². The molecule has 1 aromatic rings. The number of aromatic hydroxyl groups is 2. The van der Waals surface area contributed by atoms with E-state index in [1.54, 1.807) is 4.90 Å². The number of carbonyl (C=O) groups excluding carboxylic acids is 1. The van der Waals surface area contributed by atoms with Gasteiger partial charge in [0.25, 0.3) is 5.91 Å². The Labute approximate surface area is 117 Å². The molecule has 0 saturated carbocycles. The molecule has 0 radical (unpaired) electrons. The highest BCUT2D eigenvalue weighted by Crippen LogP contribution is 2.29. The molecule has 0 aromatic heterocycles. The summed E-state index contributed by atoms with van der Waals surface area (Å²) in [4.78, 5) is 14.2. The molecule has 1 aromatic carbocycles. The van der Waals surface area contributed by atoms with E-state index in [2.05, 4.69) is 0 Å². The maximum atomic E-state index is 12.3. The predicted octanol–water partition coefficient (Wildman–Crippen LogP) is 1.62. The molecule has 0 spiro atoms. The smallest absolute Gasteiger partial charge is 0.257 e. The lowest BCUT2D eigenvalue weighted by Crippen LogP contribution is -2.39. The minimum Gasteiger partial charge on any atom is -0.504 e. The van der Waals surface area contributed by atoms with Crippen LogP contribution in [-0.2, 0) is 0 Å². The number of phenolic OH excluding ortho intramolecular Hbond substituents is 2. The van der Waals surface area contributed by atoms with E-state index in [1.807, 2.05) is 13.8 Å². The van der Waals surface area contributed by atoms with E-state index in [-0.39, 0.29) is 23.3 Å². The van der Waals surface area contributed by atoms with Crippen molar-refractivity contribution in [1.29, 1.82) is 0 Å². The molecule has 19 heavy (non-hydrogen) atoms. The standard InChI is InChI=1S/C13H18N2O3S/c1-8(2)15(7-6-11(14)19)13(18)9-4-3-5-10(16)12(9)17/h3-5,8,16-17H,6-7H2,1-2H3,(H2,14,19). The highest BCUT2D eigenvalue weighted by atomic mass is 32.1. The van der Waals surface area contributed by atoms with Crippen LogP contribution in [0.4, 0.5) is 0 Å². The van der Waals surface area contributed by atoms with Gasteiger partial charge < -0.3 is 20.8 Å². The number of nitrogens with two attached hydrogens (primary N) is 1. The van der Waals surface area contributed by atoms with E-state index in [0.717, 1.165) is 0 Å². The van der Waals surface area contributed by atoms with Gasteiger partial charge in [0, 0.05) is 19.0 Å². The number of thiocarbonyl (C=S) groups is 1. The summed E-state index contributed by atoms with van der Waals surface area (Å²) in [7, 11) is 0. The Kier molecular flexibility index (Phi) is 5.11. The van der Waals surface area contributed by atoms with Crippen molar-refractivity contribution in [3.05, 3.63) is 23.8 Å². The summed E-state index contributed by atoms with van der Waals surface area (Å²) in [6.45, 7) is 4.09. The third-order valence-electron chi connectivity index (χ3n) is 2.73. The maximum absolute atomic E-state index is 12.3.